The normalized spacial score (nSPS) is 10.4. The number of nitrogens with one attached hydrogen (secondary N) is 2. The first-order valence-corrected chi connectivity index (χ1v) is 8.22. The van der Waals surface area contributed by atoms with Crippen molar-refractivity contribution in [3.05, 3.63) is 77.9 Å². The molecular weight excluding hydrogens is 316 g/mol. The first-order valence-electron chi connectivity index (χ1n) is 7.81. The fourth-order valence-corrected chi connectivity index (χ4v) is 2.60. The number of thiocarbonyl (C=S) groups is 1. The van der Waals surface area contributed by atoms with E-state index in [0.29, 0.717) is 11.7 Å². The minimum atomic E-state index is 0.627. The number of aryl methyl sites for hydroxylation is 2. The summed E-state index contributed by atoms with van der Waals surface area (Å²) in [6.45, 7) is 4.82. The highest BCUT2D eigenvalue weighted by molar-refractivity contribution is 7.80. The Morgan fingerprint density at radius 1 is 1.12 bits per heavy atom. The van der Waals surface area contributed by atoms with Gasteiger partial charge in [0, 0.05) is 30.3 Å². The van der Waals surface area contributed by atoms with Crippen LogP contribution in [-0.2, 0) is 6.54 Å². The monoisotopic (exact) mass is 336 g/mol. The Kier molecular flexibility index (Phi) is 4.91. The minimum Gasteiger partial charge on any atom is -0.358 e. The fraction of sp³-hybridized carbons (Fsp3) is 0.158. The lowest BCUT2D eigenvalue weighted by molar-refractivity contribution is 0.923. The van der Waals surface area contributed by atoms with Crippen molar-refractivity contribution in [1.82, 2.24) is 14.9 Å². The molecule has 0 saturated carbocycles. The van der Waals surface area contributed by atoms with Crippen LogP contribution in [0, 0.1) is 13.8 Å². The molecule has 0 aliphatic rings. The van der Waals surface area contributed by atoms with Crippen molar-refractivity contribution < 1.29 is 0 Å². The molecule has 0 fully saturated rings. The number of aromatic nitrogens is 2. The summed E-state index contributed by atoms with van der Waals surface area (Å²) in [5.41, 5.74) is 5.69. The second kappa shape index (κ2) is 7.27. The Hall–Kier alpha value is -2.66. The van der Waals surface area contributed by atoms with E-state index in [2.05, 4.69) is 71.9 Å². The van der Waals surface area contributed by atoms with E-state index in [-0.39, 0.29) is 0 Å². The number of imidazole rings is 1. The molecule has 0 aliphatic carbocycles. The molecule has 0 bridgehead atoms. The summed E-state index contributed by atoms with van der Waals surface area (Å²) >= 11 is 5.39. The van der Waals surface area contributed by atoms with Gasteiger partial charge in [0.1, 0.15) is 0 Å². The molecule has 0 amide bonds. The molecule has 3 aromatic rings. The average molecular weight is 336 g/mol. The highest BCUT2D eigenvalue weighted by Gasteiger charge is 2.02. The summed E-state index contributed by atoms with van der Waals surface area (Å²) in [5, 5.41) is 7.14. The van der Waals surface area contributed by atoms with Gasteiger partial charge in [-0.3, -0.25) is 0 Å². The molecule has 0 aliphatic heterocycles. The molecule has 0 radical (unpaired) electrons. The molecule has 0 spiro atoms. The third-order valence-corrected chi connectivity index (χ3v) is 4.08. The summed E-state index contributed by atoms with van der Waals surface area (Å²) in [6.07, 6.45) is 5.49. The number of rotatable bonds is 4. The van der Waals surface area contributed by atoms with E-state index in [1.165, 1.54) is 16.7 Å². The maximum absolute atomic E-state index is 5.39. The van der Waals surface area contributed by atoms with Crippen LogP contribution in [0.1, 0.15) is 16.7 Å². The topological polar surface area (TPSA) is 41.9 Å². The van der Waals surface area contributed by atoms with Crippen LogP contribution < -0.4 is 10.6 Å². The molecule has 2 aromatic carbocycles. The second-order valence-corrected chi connectivity index (χ2v) is 6.17. The van der Waals surface area contributed by atoms with Gasteiger partial charge in [0.05, 0.1) is 6.33 Å². The Bertz CT molecular complexity index is 823. The van der Waals surface area contributed by atoms with Crippen molar-refractivity contribution in [1.29, 1.82) is 0 Å². The third-order valence-electron chi connectivity index (χ3n) is 3.83. The fourth-order valence-electron chi connectivity index (χ4n) is 2.42. The molecule has 1 aromatic heterocycles. The van der Waals surface area contributed by atoms with Gasteiger partial charge in [-0.25, -0.2) is 4.98 Å². The van der Waals surface area contributed by atoms with Crippen LogP contribution >= 0.6 is 12.2 Å². The molecule has 0 atom stereocenters. The largest absolute Gasteiger partial charge is 0.358 e. The van der Waals surface area contributed by atoms with Crippen molar-refractivity contribution >= 4 is 23.0 Å². The van der Waals surface area contributed by atoms with Gasteiger partial charge in [-0.15, -0.1) is 0 Å². The third kappa shape index (κ3) is 4.00. The second-order valence-electron chi connectivity index (χ2n) is 5.76. The van der Waals surface area contributed by atoms with E-state index in [0.717, 1.165) is 11.4 Å². The molecule has 1 heterocycles. The lowest BCUT2D eigenvalue weighted by atomic mass is 10.1. The van der Waals surface area contributed by atoms with Crippen LogP contribution in [0.2, 0.25) is 0 Å². The van der Waals surface area contributed by atoms with Gasteiger partial charge >= 0.3 is 0 Å². The van der Waals surface area contributed by atoms with Crippen molar-refractivity contribution in [3.63, 3.8) is 0 Å². The van der Waals surface area contributed by atoms with Crippen molar-refractivity contribution in [2.24, 2.45) is 0 Å². The number of hydrogen-bond donors (Lipinski definition) is 2. The van der Waals surface area contributed by atoms with E-state index in [1.807, 2.05) is 10.8 Å². The summed E-state index contributed by atoms with van der Waals surface area (Å²) in [7, 11) is 0. The quantitative estimate of drug-likeness (QED) is 0.707. The van der Waals surface area contributed by atoms with Gasteiger partial charge in [0.25, 0.3) is 0 Å². The Balaban J connectivity index is 1.57. The standard InChI is InChI=1S/C19H20N4S/c1-14-3-4-15(2)18(11-14)22-19(24)21-12-16-5-7-17(8-6-16)23-10-9-20-13-23/h3-11,13H,12H2,1-2H3,(H2,21,22,24). The summed E-state index contributed by atoms with van der Waals surface area (Å²) in [6, 6.07) is 14.6. The highest BCUT2D eigenvalue weighted by Crippen LogP contribution is 2.16. The molecule has 0 unspecified atom stereocenters. The van der Waals surface area contributed by atoms with E-state index >= 15 is 0 Å². The zero-order valence-corrected chi connectivity index (χ0v) is 14.6. The van der Waals surface area contributed by atoms with Crippen molar-refractivity contribution in [2.45, 2.75) is 20.4 Å². The SMILES string of the molecule is Cc1ccc(C)c(NC(=S)NCc2ccc(-n3ccnc3)cc2)c1. The Morgan fingerprint density at radius 2 is 1.92 bits per heavy atom. The number of benzene rings is 2. The summed E-state index contributed by atoms with van der Waals surface area (Å²) in [5.74, 6) is 0. The highest BCUT2D eigenvalue weighted by atomic mass is 32.1. The van der Waals surface area contributed by atoms with Gasteiger partial charge in [-0.2, -0.15) is 0 Å². The maximum Gasteiger partial charge on any atom is 0.171 e. The van der Waals surface area contributed by atoms with Crippen LogP contribution in [-0.4, -0.2) is 14.7 Å². The van der Waals surface area contributed by atoms with E-state index in [1.54, 1.807) is 12.5 Å². The van der Waals surface area contributed by atoms with Gasteiger partial charge < -0.3 is 15.2 Å². The van der Waals surface area contributed by atoms with Gasteiger partial charge in [-0.1, -0.05) is 24.3 Å². The molecule has 0 saturated heterocycles. The van der Waals surface area contributed by atoms with Crippen molar-refractivity contribution in [2.75, 3.05) is 5.32 Å². The molecular formula is C19H20N4S. The van der Waals surface area contributed by atoms with E-state index in [9.17, 15) is 0 Å². The number of nitrogens with zero attached hydrogens (tertiary/aromatic N) is 2. The first-order chi connectivity index (χ1) is 11.6. The number of anilines is 1. The zero-order chi connectivity index (χ0) is 16.9. The summed E-state index contributed by atoms with van der Waals surface area (Å²) < 4.78 is 1.98. The molecule has 5 heteroatoms. The smallest absolute Gasteiger partial charge is 0.171 e. The first kappa shape index (κ1) is 16.2. The lowest BCUT2D eigenvalue weighted by Crippen LogP contribution is -2.28. The molecule has 122 valence electrons. The molecule has 24 heavy (non-hydrogen) atoms. The van der Waals surface area contributed by atoms with Gasteiger partial charge in [0.15, 0.2) is 5.11 Å². The van der Waals surface area contributed by atoms with Gasteiger partial charge in [0.2, 0.25) is 0 Å². The maximum atomic E-state index is 5.39. The Morgan fingerprint density at radius 3 is 2.62 bits per heavy atom. The van der Waals surface area contributed by atoms with Crippen LogP contribution in [0.15, 0.2) is 61.2 Å². The van der Waals surface area contributed by atoms with Crippen LogP contribution in [0.3, 0.4) is 0 Å². The molecule has 3 rings (SSSR count). The zero-order valence-electron chi connectivity index (χ0n) is 13.8. The summed E-state index contributed by atoms with van der Waals surface area (Å²) in [4.78, 5) is 4.06. The minimum absolute atomic E-state index is 0.627. The molecule has 2 N–H and O–H groups in total. The predicted molar refractivity (Wildman–Crippen MR) is 103 cm³/mol. The van der Waals surface area contributed by atoms with Gasteiger partial charge in [-0.05, 0) is 61.0 Å². The van der Waals surface area contributed by atoms with Crippen LogP contribution in [0.25, 0.3) is 5.69 Å². The van der Waals surface area contributed by atoms with E-state index in [4.69, 9.17) is 12.2 Å². The van der Waals surface area contributed by atoms with E-state index < -0.39 is 0 Å². The van der Waals surface area contributed by atoms with Crippen molar-refractivity contribution in [3.8, 4) is 5.69 Å². The molecule has 4 nitrogen and oxygen atoms in total. The van der Waals surface area contributed by atoms with Crippen LogP contribution in [0.4, 0.5) is 5.69 Å². The lowest BCUT2D eigenvalue weighted by Gasteiger charge is -2.13. The number of hydrogen-bond acceptors (Lipinski definition) is 2. The Labute approximate surface area is 147 Å². The average Bonchev–Trinajstić information content (AvgIpc) is 3.11. The van der Waals surface area contributed by atoms with Crippen LogP contribution in [0.5, 0.6) is 0 Å². The predicted octanol–water partition coefficient (Wildman–Crippen LogP) is 3.98.